The molecule has 0 atom stereocenters. The topological polar surface area (TPSA) is 62.8 Å². The molecule has 0 amide bonds. The van der Waals surface area contributed by atoms with Crippen molar-refractivity contribution in [2.24, 2.45) is 0 Å². The fourth-order valence-corrected chi connectivity index (χ4v) is 2.26. The molecular formula is C15H25BrN2O3. The Morgan fingerprint density at radius 2 is 1.90 bits per heavy atom. The van der Waals surface area contributed by atoms with Crippen LogP contribution in [0, 0.1) is 0 Å². The van der Waals surface area contributed by atoms with E-state index in [1.807, 2.05) is 12.1 Å². The summed E-state index contributed by atoms with van der Waals surface area (Å²) < 4.78 is 12.1. The summed E-state index contributed by atoms with van der Waals surface area (Å²) in [7, 11) is 1.65. The highest BCUT2D eigenvalue weighted by molar-refractivity contribution is 9.10. The summed E-state index contributed by atoms with van der Waals surface area (Å²) in [6.07, 6.45) is 0.963. The van der Waals surface area contributed by atoms with Crippen molar-refractivity contribution >= 4 is 15.9 Å². The summed E-state index contributed by atoms with van der Waals surface area (Å²) in [6, 6.07) is 3.94. The minimum atomic E-state index is 0.169. The third kappa shape index (κ3) is 6.65. The van der Waals surface area contributed by atoms with Crippen molar-refractivity contribution in [1.29, 1.82) is 0 Å². The standard InChI is InChI=1S/C15H25BrN2O3/c1-3-8-21-15-10-13(16)12(9-14(15)20-2)11-18-5-4-17-6-7-19/h9-10,17-19H,3-8,11H2,1-2H3. The third-order valence-electron chi connectivity index (χ3n) is 2.88. The summed E-state index contributed by atoms with van der Waals surface area (Å²) in [6.45, 7) is 5.95. The lowest BCUT2D eigenvalue weighted by Crippen LogP contribution is -2.28. The Hall–Kier alpha value is -0.820. The molecule has 0 aliphatic rings. The fraction of sp³-hybridized carbons (Fsp3) is 0.600. The number of methoxy groups -OCH3 is 1. The molecule has 0 unspecified atom stereocenters. The van der Waals surface area contributed by atoms with E-state index >= 15 is 0 Å². The van der Waals surface area contributed by atoms with Gasteiger partial charge in [-0.2, -0.15) is 0 Å². The Labute approximate surface area is 135 Å². The van der Waals surface area contributed by atoms with Gasteiger partial charge in [0.1, 0.15) is 0 Å². The van der Waals surface area contributed by atoms with E-state index in [0.29, 0.717) is 13.2 Å². The van der Waals surface area contributed by atoms with Gasteiger partial charge in [0.2, 0.25) is 0 Å². The van der Waals surface area contributed by atoms with Crippen molar-refractivity contribution < 1.29 is 14.6 Å². The molecule has 0 saturated heterocycles. The number of ether oxygens (including phenoxy) is 2. The lowest BCUT2D eigenvalue weighted by molar-refractivity contribution is 0.292. The lowest BCUT2D eigenvalue weighted by Gasteiger charge is -2.14. The van der Waals surface area contributed by atoms with E-state index in [9.17, 15) is 0 Å². The maximum absolute atomic E-state index is 8.67. The predicted octanol–water partition coefficient (Wildman–Crippen LogP) is 1.92. The molecule has 0 saturated carbocycles. The van der Waals surface area contributed by atoms with E-state index in [1.165, 1.54) is 0 Å². The van der Waals surface area contributed by atoms with Gasteiger partial charge < -0.3 is 25.2 Å². The quantitative estimate of drug-likeness (QED) is 0.526. The average molecular weight is 361 g/mol. The van der Waals surface area contributed by atoms with E-state index in [1.54, 1.807) is 7.11 Å². The van der Waals surface area contributed by atoms with E-state index in [4.69, 9.17) is 14.6 Å². The number of aliphatic hydroxyl groups excluding tert-OH is 1. The molecule has 0 radical (unpaired) electrons. The van der Waals surface area contributed by atoms with Crippen LogP contribution in [-0.2, 0) is 6.54 Å². The highest BCUT2D eigenvalue weighted by Gasteiger charge is 2.10. The average Bonchev–Trinajstić information content (AvgIpc) is 2.50. The van der Waals surface area contributed by atoms with E-state index < -0.39 is 0 Å². The molecular weight excluding hydrogens is 336 g/mol. The zero-order valence-corrected chi connectivity index (χ0v) is 14.3. The zero-order valence-electron chi connectivity index (χ0n) is 12.7. The van der Waals surface area contributed by atoms with Gasteiger partial charge in [0.15, 0.2) is 11.5 Å². The fourth-order valence-electron chi connectivity index (χ4n) is 1.80. The van der Waals surface area contributed by atoms with Gasteiger partial charge in [-0.25, -0.2) is 0 Å². The number of aliphatic hydroxyl groups is 1. The second kappa shape index (κ2) is 10.8. The van der Waals surface area contributed by atoms with Crippen LogP contribution in [0.3, 0.4) is 0 Å². The molecule has 0 spiro atoms. The van der Waals surface area contributed by atoms with Crippen molar-refractivity contribution in [3.8, 4) is 11.5 Å². The summed E-state index contributed by atoms with van der Waals surface area (Å²) in [4.78, 5) is 0. The largest absolute Gasteiger partial charge is 0.493 e. The Morgan fingerprint density at radius 3 is 2.57 bits per heavy atom. The van der Waals surface area contributed by atoms with Crippen LogP contribution in [-0.4, -0.2) is 45.1 Å². The Balaban J connectivity index is 2.54. The van der Waals surface area contributed by atoms with Gasteiger partial charge in [0.05, 0.1) is 20.3 Å². The summed E-state index contributed by atoms with van der Waals surface area (Å²) >= 11 is 3.57. The first kappa shape index (κ1) is 18.2. The minimum absolute atomic E-state index is 0.169. The maximum Gasteiger partial charge on any atom is 0.162 e. The van der Waals surface area contributed by atoms with Gasteiger partial charge in [0.25, 0.3) is 0 Å². The van der Waals surface area contributed by atoms with Crippen LogP contribution in [0.1, 0.15) is 18.9 Å². The normalized spacial score (nSPS) is 10.7. The van der Waals surface area contributed by atoms with Crippen molar-refractivity contribution in [1.82, 2.24) is 10.6 Å². The molecule has 1 aromatic carbocycles. The summed E-state index contributed by atoms with van der Waals surface area (Å²) in [5, 5.41) is 15.1. The Kier molecular flexibility index (Phi) is 9.41. The minimum Gasteiger partial charge on any atom is -0.493 e. The number of hydrogen-bond acceptors (Lipinski definition) is 5. The first-order chi connectivity index (χ1) is 10.2. The molecule has 6 heteroatoms. The Morgan fingerprint density at radius 1 is 1.14 bits per heavy atom. The zero-order chi connectivity index (χ0) is 15.5. The molecule has 3 N–H and O–H groups in total. The third-order valence-corrected chi connectivity index (χ3v) is 3.62. The van der Waals surface area contributed by atoms with Crippen LogP contribution in [0.15, 0.2) is 16.6 Å². The van der Waals surface area contributed by atoms with Crippen LogP contribution in [0.25, 0.3) is 0 Å². The number of hydrogen-bond donors (Lipinski definition) is 3. The highest BCUT2D eigenvalue weighted by Crippen LogP contribution is 2.33. The van der Waals surface area contributed by atoms with Crippen LogP contribution in [0.5, 0.6) is 11.5 Å². The molecule has 21 heavy (non-hydrogen) atoms. The van der Waals surface area contributed by atoms with Gasteiger partial charge >= 0.3 is 0 Å². The van der Waals surface area contributed by atoms with Gasteiger partial charge in [0, 0.05) is 30.7 Å². The molecule has 0 aliphatic heterocycles. The Bertz CT molecular complexity index is 416. The molecule has 0 fully saturated rings. The summed E-state index contributed by atoms with van der Waals surface area (Å²) in [5.41, 5.74) is 1.12. The van der Waals surface area contributed by atoms with Gasteiger partial charge in [-0.1, -0.05) is 22.9 Å². The smallest absolute Gasteiger partial charge is 0.162 e. The van der Waals surface area contributed by atoms with Crippen molar-refractivity contribution in [2.45, 2.75) is 19.9 Å². The monoisotopic (exact) mass is 360 g/mol. The van der Waals surface area contributed by atoms with E-state index in [0.717, 1.165) is 47.6 Å². The van der Waals surface area contributed by atoms with Crippen LogP contribution >= 0.6 is 15.9 Å². The number of halogens is 1. The first-order valence-electron chi connectivity index (χ1n) is 7.24. The second-order valence-electron chi connectivity index (χ2n) is 4.59. The molecule has 120 valence electrons. The molecule has 5 nitrogen and oxygen atoms in total. The summed E-state index contributed by atoms with van der Waals surface area (Å²) in [5.74, 6) is 1.52. The SMILES string of the molecule is CCCOc1cc(Br)c(CNCCNCCO)cc1OC. The predicted molar refractivity (Wildman–Crippen MR) is 88.1 cm³/mol. The number of benzene rings is 1. The lowest BCUT2D eigenvalue weighted by atomic mass is 10.2. The van der Waals surface area contributed by atoms with Crippen molar-refractivity contribution in [3.05, 3.63) is 22.2 Å². The molecule has 0 aliphatic carbocycles. The first-order valence-corrected chi connectivity index (χ1v) is 8.03. The van der Waals surface area contributed by atoms with Gasteiger partial charge in [-0.3, -0.25) is 0 Å². The molecule has 0 heterocycles. The van der Waals surface area contributed by atoms with Crippen molar-refractivity contribution in [2.75, 3.05) is 40.0 Å². The molecule has 0 aromatic heterocycles. The van der Waals surface area contributed by atoms with Gasteiger partial charge in [-0.05, 0) is 24.1 Å². The molecule has 1 aromatic rings. The maximum atomic E-state index is 8.67. The molecule has 0 bridgehead atoms. The van der Waals surface area contributed by atoms with Crippen molar-refractivity contribution in [3.63, 3.8) is 0 Å². The van der Waals surface area contributed by atoms with E-state index in [-0.39, 0.29) is 6.61 Å². The number of nitrogens with one attached hydrogen (secondary N) is 2. The van der Waals surface area contributed by atoms with Gasteiger partial charge in [-0.15, -0.1) is 0 Å². The number of rotatable bonds is 11. The second-order valence-corrected chi connectivity index (χ2v) is 5.45. The van der Waals surface area contributed by atoms with Crippen LogP contribution in [0.4, 0.5) is 0 Å². The van der Waals surface area contributed by atoms with Crippen LogP contribution in [0.2, 0.25) is 0 Å². The van der Waals surface area contributed by atoms with Crippen LogP contribution < -0.4 is 20.1 Å². The molecule has 1 rings (SSSR count). The van der Waals surface area contributed by atoms with E-state index in [2.05, 4.69) is 33.5 Å². The highest BCUT2D eigenvalue weighted by atomic mass is 79.9.